The molecular formula is C22H28N4O3. The number of rotatable bonds is 5. The van der Waals surface area contributed by atoms with Crippen molar-refractivity contribution < 1.29 is 14.3 Å². The van der Waals surface area contributed by atoms with E-state index in [1.54, 1.807) is 7.11 Å². The molecule has 2 aliphatic rings. The number of nitrogen functional groups attached to an aromatic ring is 1. The third kappa shape index (κ3) is 4.19. The molecule has 1 amide bonds. The number of carbonyl (C=O) groups excluding carboxylic acids is 1. The Bertz CT molecular complexity index is 861. The van der Waals surface area contributed by atoms with Crippen molar-refractivity contribution in [2.75, 3.05) is 32.5 Å². The van der Waals surface area contributed by atoms with E-state index in [0.29, 0.717) is 26.1 Å². The van der Waals surface area contributed by atoms with Gasteiger partial charge < -0.3 is 20.1 Å². The molecule has 0 aliphatic carbocycles. The summed E-state index contributed by atoms with van der Waals surface area (Å²) in [6, 6.07) is 8.03. The van der Waals surface area contributed by atoms with Crippen LogP contribution in [0.5, 0.6) is 5.75 Å². The molecule has 0 bridgehead atoms. The zero-order valence-corrected chi connectivity index (χ0v) is 16.9. The van der Waals surface area contributed by atoms with Gasteiger partial charge in [0.25, 0.3) is 0 Å². The maximum Gasteiger partial charge on any atom is 0.222 e. The lowest BCUT2D eigenvalue weighted by Crippen LogP contribution is -2.49. The third-order valence-corrected chi connectivity index (χ3v) is 6.00. The molecule has 1 spiro atoms. The van der Waals surface area contributed by atoms with Crippen LogP contribution in [-0.2, 0) is 28.0 Å². The smallest absolute Gasteiger partial charge is 0.222 e. The third-order valence-electron chi connectivity index (χ3n) is 6.00. The van der Waals surface area contributed by atoms with Crippen LogP contribution in [0.3, 0.4) is 0 Å². The Labute approximate surface area is 171 Å². The van der Waals surface area contributed by atoms with Gasteiger partial charge in [-0.1, -0.05) is 12.1 Å². The fourth-order valence-corrected chi connectivity index (χ4v) is 4.32. The Morgan fingerprint density at radius 3 is 2.76 bits per heavy atom. The van der Waals surface area contributed by atoms with Gasteiger partial charge in [-0.05, 0) is 55.4 Å². The number of aryl methyl sites for hydroxylation is 1. The second-order valence-electron chi connectivity index (χ2n) is 7.78. The molecular weight excluding hydrogens is 368 g/mol. The van der Waals surface area contributed by atoms with E-state index in [4.69, 9.17) is 15.2 Å². The number of ether oxygens (including phenoxy) is 2. The second-order valence-corrected chi connectivity index (χ2v) is 7.78. The maximum absolute atomic E-state index is 12.7. The highest BCUT2D eigenvalue weighted by Crippen LogP contribution is 2.40. The van der Waals surface area contributed by atoms with Crippen molar-refractivity contribution in [3.05, 3.63) is 47.3 Å². The molecule has 7 heteroatoms. The molecule has 4 rings (SSSR count). The van der Waals surface area contributed by atoms with Gasteiger partial charge in [0.2, 0.25) is 11.9 Å². The summed E-state index contributed by atoms with van der Waals surface area (Å²) >= 11 is 0. The van der Waals surface area contributed by atoms with Crippen LogP contribution in [0.4, 0.5) is 5.95 Å². The molecule has 29 heavy (non-hydrogen) atoms. The van der Waals surface area contributed by atoms with Gasteiger partial charge in [-0.3, -0.25) is 4.79 Å². The first-order valence-electron chi connectivity index (χ1n) is 10.3. The topological polar surface area (TPSA) is 90.6 Å². The van der Waals surface area contributed by atoms with Crippen LogP contribution < -0.4 is 10.5 Å². The summed E-state index contributed by atoms with van der Waals surface area (Å²) in [6.45, 7) is 2.03. The number of nitrogens with two attached hydrogens (primary N) is 1. The Morgan fingerprint density at radius 2 is 2.03 bits per heavy atom. The van der Waals surface area contributed by atoms with Gasteiger partial charge in [0, 0.05) is 25.7 Å². The summed E-state index contributed by atoms with van der Waals surface area (Å²) in [6.07, 6.45) is 6.42. The Balaban J connectivity index is 1.30. The number of likely N-dealkylation sites (tertiary alicyclic amines) is 1. The van der Waals surface area contributed by atoms with Crippen molar-refractivity contribution in [1.29, 1.82) is 0 Å². The minimum Gasteiger partial charge on any atom is -0.497 e. The summed E-state index contributed by atoms with van der Waals surface area (Å²) in [7, 11) is 1.66. The highest BCUT2D eigenvalue weighted by Gasteiger charge is 2.43. The fourth-order valence-electron chi connectivity index (χ4n) is 4.32. The molecule has 154 valence electrons. The van der Waals surface area contributed by atoms with Crippen molar-refractivity contribution in [2.24, 2.45) is 0 Å². The first-order chi connectivity index (χ1) is 14.1. The molecule has 2 N–H and O–H groups in total. The number of carbonyl (C=O) groups is 1. The number of hydrogen-bond donors (Lipinski definition) is 1. The molecule has 7 nitrogen and oxygen atoms in total. The summed E-state index contributed by atoms with van der Waals surface area (Å²) in [5, 5.41) is 0. The van der Waals surface area contributed by atoms with Gasteiger partial charge in [-0.15, -0.1) is 0 Å². The van der Waals surface area contributed by atoms with E-state index in [2.05, 4.69) is 22.1 Å². The van der Waals surface area contributed by atoms with Gasteiger partial charge in [0.15, 0.2) is 0 Å². The van der Waals surface area contributed by atoms with Gasteiger partial charge in [-0.2, -0.15) is 0 Å². The monoisotopic (exact) mass is 396 g/mol. The number of hydrogen-bond acceptors (Lipinski definition) is 6. The van der Waals surface area contributed by atoms with Crippen LogP contribution in [0.15, 0.2) is 30.5 Å². The zero-order valence-electron chi connectivity index (χ0n) is 16.9. The number of amides is 1. The average molecular weight is 396 g/mol. The maximum atomic E-state index is 12.7. The SMILES string of the molecule is COc1ccc(CCCC(=O)N2CCC3(CC2)OCCc2cnc(N)nc23)cc1. The summed E-state index contributed by atoms with van der Waals surface area (Å²) in [5.74, 6) is 1.35. The Kier molecular flexibility index (Phi) is 5.67. The van der Waals surface area contributed by atoms with E-state index in [-0.39, 0.29) is 11.9 Å². The molecule has 2 aliphatic heterocycles. The van der Waals surface area contributed by atoms with Crippen LogP contribution in [0, 0.1) is 0 Å². The lowest BCUT2D eigenvalue weighted by atomic mass is 9.83. The van der Waals surface area contributed by atoms with Crippen molar-refractivity contribution in [2.45, 2.75) is 44.1 Å². The van der Waals surface area contributed by atoms with Crippen LogP contribution in [0.2, 0.25) is 0 Å². The summed E-state index contributed by atoms with van der Waals surface area (Å²) < 4.78 is 11.4. The quantitative estimate of drug-likeness (QED) is 0.835. The van der Waals surface area contributed by atoms with E-state index in [1.807, 2.05) is 23.2 Å². The van der Waals surface area contributed by atoms with Gasteiger partial charge in [0.05, 0.1) is 19.4 Å². The zero-order chi connectivity index (χ0) is 20.3. The molecule has 0 unspecified atom stereocenters. The van der Waals surface area contributed by atoms with Crippen LogP contribution in [0.1, 0.15) is 42.5 Å². The highest BCUT2D eigenvalue weighted by molar-refractivity contribution is 5.76. The second kappa shape index (κ2) is 8.37. The van der Waals surface area contributed by atoms with Gasteiger partial charge >= 0.3 is 0 Å². The van der Waals surface area contributed by atoms with E-state index in [0.717, 1.165) is 49.1 Å². The number of methoxy groups -OCH3 is 1. The van der Waals surface area contributed by atoms with Crippen molar-refractivity contribution >= 4 is 11.9 Å². The van der Waals surface area contributed by atoms with Crippen molar-refractivity contribution in [1.82, 2.24) is 14.9 Å². The predicted octanol–water partition coefficient (Wildman–Crippen LogP) is 2.48. The standard InChI is InChI=1S/C22H28N4O3/c1-28-18-7-5-16(6-8-18)3-2-4-19(27)26-12-10-22(11-13-26)20-17(9-14-29-22)15-24-21(23)25-20/h5-8,15H,2-4,9-14H2,1H3,(H2,23,24,25). The molecule has 1 aromatic carbocycles. The minimum atomic E-state index is -0.426. The lowest BCUT2D eigenvalue weighted by molar-refractivity contribution is -0.141. The summed E-state index contributed by atoms with van der Waals surface area (Å²) in [5.41, 5.74) is 8.65. The Morgan fingerprint density at radius 1 is 1.28 bits per heavy atom. The highest BCUT2D eigenvalue weighted by atomic mass is 16.5. The van der Waals surface area contributed by atoms with Crippen molar-refractivity contribution in [3.8, 4) is 5.75 Å². The van der Waals surface area contributed by atoms with E-state index in [9.17, 15) is 4.79 Å². The molecule has 0 atom stereocenters. The number of aromatic nitrogens is 2. The fraction of sp³-hybridized carbons (Fsp3) is 0.500. The Hall–Kier alpha value is -2.67. The molecule has 1 aromatic heterocycles. The predicted molar refractivity (Wildman–Crippen MR) is 110 cm³/mol. The number of benzene rings is 1. The van der Waals surface area contributed by atoms with Crippen molar-refractivity contribution in [3.63, 3.8) is 0 Å². The average Bonchev–Trinajstić information content (AvgIpc) is 2.75. The van der Waals surface area contributed by atoms with E-state index >= 15 is 0 Å². The van der Waals surface area contributed by atoms with Gasteiger partial charge in [-0.25, -0.2) is 9.97 Å². The number of piperidine rings is 1. The molecule has 0 radical (unpaired) electrons. The molecule has 1 saturated heterocycles. The number of anilines is 1. The largest absolute Gasteiger partial charge is 0.497 e. The van der Waals surface area contributed by atoms with Crippen LogP contribution in [0.25, 0.3) is 0 Å². The van der Waals surface area contributed by atoms with Crippen LogP contribution >= 0.6 is 0 Å². The first-order valence-corrected chi connectivity index (χ1v) is 10.3. The lowest BCUT2D eigenvalue weighted by Gasteiger charge is -2.44. The van der Waals surface area contributed by atoms with Gasteiger partial charge in [0.1, 0.15) is 11.4 Å². The molecule has 2 aromatic rings. The normalized spacial score (nSPS) is 17.8. The van der Waals surface area contributed by atoms with E-state index in [1.165, 1.54) is 5.56 Å². The first kappa shape index (κ1) is 19.6. The molecule has 3 heterocycles. The number of fused-ring (bicyclic) bond motifs is 2. The van der Waals surface area contributed by atoms with E-state index < -0.39 is 5.60 Å². The summed E-state index contributed by atoms with van der Waals surface area (Å²) in [4.78, 5) is 23.2. The minimum absolute atomic E-state index is 0.214. The number of nitrogens with zero attached hydrogens (tertiary/aromatic N) is 3. The van der Waals surface area contributed by atoms with Crippen LogP contribution in [-0.4, -0.2) is 47.6 Å². The molecule has 0 saturated carbocycles. The molecule has 1 fully saturated rings.